The Morgan fingerprint density at radius 2 is 2.36 bits per heavy atom. The summed E-state index contributed by atoms with van der Waals surface area (Å²) in [5, 5.41) is 0. The summed E-state index contributed by atoms with van der Waals surface area (Å²) in [6.07, 6.45) is 1.81. The molecule has 0 saturated heterocycles. The van der Waals surface area contributed by atoms with Gasteiger partial charge in [-0.05, 0) is 35.0 Å². The highest BCUT2D eigenvalue weighted by Gasteiger charge is 2.07. The molecule has 1 atom stereocenters. The second-order valence-corrected chi connectivity index (χ2v) is 3.10. The molecular formula is C8H10BrNO. The Labute approximate surface area is 74.7 Å². The second kappa shape index (κ2) is 3.83. The summed E-state index contributed by atoms with van der Waals surface area (Å²) < 4.78 is 6.12. The Bertz CT molecular complexity index is 239. The van der Waals surface area contributed by atoms with Crippen molar-refractivity contribution < 1.29 is 4.74 Å². The number of pyridine rings is 1. The molecular weight excluding hydrogens is 206 g/mol. The van der Waals surface area contributed by atoms with Crippen molar-refractivity contribution in [3.05, 3.63) is 28.5 Å². The summed E-state index contributed by atoms with van der Waals surface area (Å²) in [7, 11) is 1.67. The fourth-order valence-electron chi connectivity index (χ4n) is 0.809. The van der Waals surface area contributed by atoms with Crippen LogP contribution in [0.3, 0.4) is 0 Å². The largest absolute Gasteiger partial charge is 0.375 e. The van der Waals surface area contributed by atoms with Crippen molar-refractivity contribution in [2.45, 2.75) is 13.0 Å². The van der Waals surface area contributed by atoms with E-state index in [0.29, 0.717) is 0 Å². The SMILES string of the molecule is CO[C@H](C)c1ncccc1Br. The van der Waals surface area contributed by atoms with E-state index in [4.69, 9.17) is 4.74 Å². The van der Waals surface area contributed by atoms with Gasteiger partial charge in [-0.25, -0.2) is 0 Å². The number of rotatable bonds is 2. The molecule has 0 N–H and O–H groups in total. The normalized spacial score (nSPS) is 13.0. The molecule has 0 unspecified atom stereocenters. The Balaban J connectivity index is 2.93. The van der Waals surface area contributed by atoms with Gasteiger partial charge >= 0.3 is 0 Å². The summed E-state index contributed by atoms with van der Waals surface area (Å²) >= 11 is 3.40. The van der Waals surface area contributed by atoms with E-state index >= 15 is 0 Å². The van der Waals surface area contributed by atoms with Gasteiger partial charge in [0, 0.05) is 17.8 Å². The zero-order valence-corrected chi connectivity index (χ0v) is 8.13. The van der Waals surface area contributed by atoms with Gasteiger partial charge in [-0.2, -0.15) is 0 Å². The van der Waals surface area contributed by atoms with Crippen molar-refractivity contribution in [1.82, 2.24) is 4.98 Å². The van der Waals surface area contributed by atoms with E-state index in [-0.39, 0.29) is 6.10 Å². The first-order valence-corrected chi connectivity index (χ1v) is 4.18. The Hall–Kier alpha value is -0.410. The summed E-state index contributed by atoms with van der Waals surface area (Å²) in [5.74, 6) is 0. The molecule has 0 amide bonds. The fraction of sp³-hybridized carbons (Fsp3) is 0.375. The van der Waals surface area contributed by atoms with E-state index in [9.17, 15) is 0 Å². The van der Waals surface area contributed by atoms with Crippen LogP contribution in [0.2, 0.25) is 0 Å². The van der Waals surface area contributed by atoms with Crippen molar-refractivity contribution in [2.24, 2.45) is 0 Å². The maximum atomic E-state index is 5.12. The first-order valence-electron chi connectivity index (χ1n) is 3.39. The van der Waals surface area contributed by atoms with Crippen molar-refractivity contribution >= 4 is 15.9 Å². The number of aromatic nitrogens is 1. The van der Waals surface area contributed by atoms with Gasteiger partial charge in [-0.15, -0.1) is 0 Å². The minimum absolute atomic E-state index is 0.0468. The number of nitrogens with zero attached hydrogens (tertiary/aromatic N) is 1. The third-order valence-electron chi connectivity index (χ3n) is 1.53. The lowest BCUT2D eigenvalue weighted by Crippen LogP contribution is -1.99. The van der Waals surface area contributed by atoms with E-state index in [1.165, 1.54) is 0 Å². The lowest BCUT2D eigenvalue weighted by molar-refractivity contribution is 0.115. The molecule has 0 spiro atoms. The van der Waals surface area contributed by atoms with Crippen molar-refractivity contribution in [2.75, 3.05) is 7.11 Å². The van der Waals surface area contributed by atoms with Gasteiger partial charge in [-0.3, -0.25) is 4.98 Å². The monoisotopic (exact) mass is 215 g/mol. The molecule has 11 heavy (non-hydrogen) atoms. The Morgan fingerprint density at radius 1 is 1.64 bits per heavy atom. The second-order valence-electron chi connectivity index (χ2n) is 2.25. The van der Waals surface area contributed by atoms with Gasteiger partial charge in [0.15, 0.2) is 0 Å². The highest BCUT2D eigenvalue weighted by molar-refractivity contribution is 9.10. The highest BCUT2D eigenvalue weighted by atomic mass is 79.9. The molecule has 0 aliphatic heterocycles. The molecule has 0 saturated carbocycles. The van der Waals surface area contributed by atoms with Crippen LogP contribution >= 0.6 is 15.9 Å². The molecule has 0 aliphatic carbocycles. The summed E-state index contributed by atoms with van der Waals surface area (Å²) in [5.41, 5.74) is 0.940. The quantitative estimate of drug-likeness (QED) is 0.757. The van der Waals surface area contributed by atoms with E-state index < -0.39 is 0 Å². The maximum Gasteiger partial charge on any atom is 0.0974 e. The Kier molecular flexibility index (Phi) is 3.02. The Morgan fingerprint density at radius 3 is 2.91 bits per heavy atom. The molecule has 0 aromatic carbocycles. The van der Waals surface area contributed by atoms with E-state index in [2.05, 4.69) is 20.9 Å². The van der Waals surface area contributed by atoms with Crippen LogP contribution in [0.4, 0.5) is 0 Å². The van der Waals surface area contributed by atoms with E-state index in [1.807, 2.05) is 19.1 Å². The van der Waals surface area contributed by atoms with E-state index in [1.54, 1.807) is 13.3 Å². The maximum absolute atomic E-state index is 5.12. The molecule has 1 aromatic rings. The lowest BCUT2D eigenvalue weighted by Gasteiger charge is -2.09. The van der Waals surface area contributed by atoms with Crippen LogP contribution in [-0.4, -0.2) is 12.1 Å². The molecule has 0 bridgehead atoms. The van der Waals surface area contributed by atoms with Crippen LogP contribution in [0.15, 0.2) is 22.8 Å². The first-order chi connectivity index (χ1) is 5.25. The van der Waals surface area contributed by atoms with Crippen molar-refractivity contribution in [3.63, 3.8) is 0 Å². The van der Waals surface area contributed by atoms with Gasteiger partial charge < -0.3 is 4.74 Å². The molecule has 0 radical (unpaired) electrons. The molecule has 0 fully saturated rings. The molecule has 2 nitrogen and oxygen atoms in total. The minimum Gasteiger partial charge on any atom is -0.375 e. The summed E-state index contributed by atoms with van der Waals surface area (Å²) in [4.78, 5) is 4.18. The topological polar surface area (TPSA) is 22.1 Å². The predicted molar refractivity (Wildman–Crippen MR) is 47.4 cm³/mol. The van der Waals surface area contributed by atoms with Crippen molar-refractivity contribution in [1.29, 1.82) is 0 Å². The number of halogens is 1. The molecule has 3 heteroatoms. The number of hydrogen-bond donors (Lipinski definition) is 0. The number of hydrogen-bond acceptors (Lipinski definition) is 2. The molecule has 1 heterocycles. The number of methoxy groups -OCH3 is 1. The van der Waals surface area contributed by atoms with Crippen LogP contribution in [-0.2, 0) is 4.74 Å². The lowest BCUT2D eigenvalue weighted by atomic mass is 10.2. The van der Waals surface area contributed by atoms with Gasteiger partial charge in [0.05, 0.1) is 11.8 Å². The van der Waals surface area contributed by atoms with E-state index in [0.717, 1.165) is 10.2 Å². The molecule has 0 aliphatic rings. The first kappa shape index (κ1) is 8.68. The smallest absolute Gasteiger partial charge is 0.0974 e. The highest BCUT2D eigenvalue weighted by Crippen LogP contribution is 2.21. The minimum atomic E-state index is 0.0468. The standard InChI is InChI=1S/C8H10BrNO/c1-6(11-2)8-7(9)4-3-5-10-8/h3-6H,1-2H3/t6-/m1/s1. The predicted octanol–water partition coefficient (Wildman–Crippen LogP) is 2.55. The summed E-state index contributed by atoms with van der Waals surface area (Å²) in [6.45, 7) is 1.97. The third-order valence-corrected chi connectivity index (χ3v) is 2.20. The van der Waals surface area contributed by atoms with Gasteiger partial charge in [-0.1, -0.05) is 0 Å². The zero-order valence-electron chi connectivity index (χ0n) is 6.54. The molecule has 1 aromatic heterocycles. The van der Waals surface area contributed by atoms with Crippen LogP contribution in [0.5, 0.6) is 0 Å². The number of ether oxygens (including phenoxy) is 1. The summed E-state index contributed by atoms with van der Waals surface area (Å²) in [6, 6.07) is 3.84. The van der Waals surface area contributed by atoms with Crippen LogP contribution < -0.4 is 0 Å². The van der Waals surface area contributed by atoms with Crippen molar-refractivity contribution in [3.8, 4) is 0 Å². The average molecular weight is 216 g/mol. The molecule has 1 rings (SSSR count). The van der Waals surface area contributed by atoms with Crippen LogP contribution in [0.25, 0.3) is 0 Å². The van der Waals surface area contributed by atoms with Crippen LogP contribution in [0, 0.1) is 0 Å². The molecule has 60 valence electrons. The average Bonchev–Trinajstić information content (AvgIpc) is 2.04. The van der Waals surface area contributed by atoms with Gasteiger partial charge in [0.1, 0.15) is 0 Å². The third kappa shape index (κ3) is 2.01. The van der Waals surface area contributed by atoms with Gasteiger partial charge in [0.25, 0.3) is 0 Å². The zero-order chi connectivity index (χ0) is 8.27. The van der Waals surface area contributed by atoms with Gasteiger partial charge in [0.2, 0.25) is 0 Å². The fourth-order valence-corrected chi connectivity index (χ4v) is 1.39. The van der Waals surface area contributed by atoms with Crippen LogP contribution in [0.1, 0.15) is 18.7 Å².